The summed E-state index contributed by atoms with van der Waals surface area (Å²) >= 11 is 5.82. The molecule has 124 valence electrons. The third kappa shape index (κ3) is 4.97. The van der Waals surface area contributed by atoms with Gasteiger partial charge in [-0.3, -0.25) is 4.98 Å². The minimum Gasteiger partial charge on any atom is -0.433 e. The lowest BCUT2D eigenvalue weighted by Crippen LogP contribution is -2.19. The molecule has 0 aliphatic rings. The Bertz CT molecular complexity index is 644. The van der Waals surface area contributed by atoms with Gasteiger partial charge >= 0.3 is 6.61 Å². The number of ether oxygens (including phenoxy) is 1. The summed E-state index contributed by atoms with van der Waals surface area (Å²) in [7, 11) is 0. The first-order valence-corrected chi connectivity index (χ1v) is 6.93. The standard InChI is InChI=1S/C14H13ClF3N3O2/c15-13-3-12(19-4-8(16)7-22)10(6-21-13)11-2-1-9(5-20-11)23-14(17)18/h1-3,5-6,8,14,22H,4,7H2,(H,19,21)/t8-/m1/s1. The zero-order valence-electron chi connectivity index (χ0n) is 11.7. The van der Waals surface area contributed by atoms with Gasteiger partial charge in [-0.05, 0) is 18.2 Å². The second-order valence-electron chi connectivity index (χ2n) is 4.47. The van der Waals surface area contributed by atoms with Gasteiger partial charge in [0.1, 0.15) is 17.1 Å². The molecule has 23 heavy (non-hydrogen) atoms. The Hall–Kier alpha value is -2.06. The summed E-state index contributed by atoms with van der Waals surface area (Å²) in [4.78, 5) is 7.94. The summed E-state index contributed by atoms with van der Waals surface area (Å²) in [6.45, 7) is -3.67. The van der Waals surface area contributed by atoms with E-state index in [0.29, 0.717) is 16.9 Å². The van der Waals surface area contributed by atoms with E-state index in [1.807, 2.05) is 0 Å². The van der Waals surface area contributed by atoms with Crippen LogP contribution in [-0.2, 0) is 0 Å². The van der Waals surface area contributed by atoms with Crippen molar-refractivity contribution in [2.75, 3.05) is 18.5 Å². The molecular formula is C14H13ClF3N3O2. The lowest BCUT2D eigenvalue weighted by atomic mass is 10.1. The van der Waals surface area contributed by atoms with E-state index >= 15 is 0 Å². The first-order chi connectivity index (χ1) is 11.0. The smallest absolute Gasteiger partial charge is 0.387 e. The van der Waals surface area contributed by atoms with E-state index in [0.717, 1.165) is 6.20 Å². The lowest BCUT2D eigenvalue weighted by Gasteiger charge is -2.13. The molecule has 0 aromatic carbocycles. The number of nitrogens with one attached hydrogen (secondary N) is 1. The summed E-state index contributed by atoms with van der Waals surface area (Å²) in [6.07, 6.45) is 1.13. The predicted molar refractivity (Wildman–Crippen MR) is 79.6 cm³/mol. The van der Waals surface area contributed by atoms with Crippen molar-refractivity contribution in [3.05, 3.63) is 35.7 Å². The van der Waals surface area contributed by atoms with E-state index in [1.54, 1.807) is 0 Å². The molecule has 1 atom stereocenters. The molecule has 2 aromatic rings. The summed E-state index contributed by atoms with van der Waals surface area (Å²) < 4.78 is 41.6. The number of hydrogen-bond donors (Lipinski definition) is 2. The third-order valence-electron chi connectivity index (χ3n) is 2.82. The SMILES string of the molecule is OC[C@H](F)CNc1cc(Cl)ncc1-c1ccc(OC(F)F)cn1. The Labute approximate surface area is 135 Å². The zero-order valence-corrected chi connectivity index (χ0v) is 12.5. The fraction of sp³-hybridized carbons (Fsp3) is 0.286. The molecule has 5 nitrogen and oxygen atoms in total. The maximum absolute atomic E-state index is 13.2. The van der Waals surface area contributed by atoms with Crippen LogP contribution in [0.1, 0.15) is 0 Å². The largest absolute Gasteiger partial charge is 0.433 e. The number of hydrogen-bond acceptors (Lipinski definition) is 5. The molecule has 0 unspecified atom stereocenters. The van der Waals surface area contributed by atoms with Gasteiger partial charge in [0, 0.05) is 24.0 Å². The highest BCUT2D eigenvalue weighted by molar-refractivity contribution is 6.29. The zero-order chi connectivity index (χ0) is 16.8. The Morgan fingerprint density at radius 2 is 2.00 bits per heavy atom. The number of pyridine rings is 2. The molecule has 0 spiro atoms. The van der Waals surface area contributed by atoms with Crippen LogP contribution in [0.4, 0.5) is 18.9 Å². The van der Waals surface area contributed by atoms with Gasteiger partial charge in [-0.2, -0.15) is 8.78 Å². The van der Waals surface area contributed by atoms with Gasteiger partial charge in [0.15, 0.2) is 0 Å². The van der Waals surface area contributed by atoms with Crippen molar-refractivity contribution in [3.8, 4) is 17.0 Å². The normalized spacial score (nSPS) is 12.3. The van der Waals surface area contributed by atoms with Gasteiger partial charge in [0.05, 0.1) is 18.5 Å². The first-order valence-electron chi connectivity index (χ1n) is 6.55. The van der Waals surface area contributed by atoms with E-state index < -0.39 is 19.4 Å². The average molecular weight is 348 g/mol. The van der Waals surface area contributed by atoms with Crippen LogP contribution >= 0.6 is 11.6 Å². The van der Waals surface area contributed by atoms with Crippen LogP contribution in [0.5, 0.6) is 5.75 Å². The van der Waals surface area contributed by atoms with Gasteiger partial charge in [-0.15, -0.1) is 0 Å². The molecule has 9 heteroatoms. The van der Waals surface area contributed by atoms with Crippen LogP contribution in [0, 0.1) is 0 Å². The van der Waals surface area contributed by atoms with Gasteiger partial charge in [-0.25, -0.2) is 9.37 Å². The van der Waals surface area contributed by atoms with Crippen molar-refractivity contribution >= 4 is 17.3 Å². The number of alkyl halides is 3. The Kier molecular flexibility index (Phi) is 6.00. The molecule has 0 saturated heterocycles. The number of aliphatic hydroxyl groups is 1. The van der Waals surface area contributed by atoms with Crippen molar-refractivity contribution in [2.45, 2.75) is 12.8 Å². The molecule has 0 radical (unpaired) electrons. The molecule has 0 fully saturated rings. The molecular weight excluding hydrogens is 335 g/mol. The molecule has 0 saturated carbocycles. The van der Waals surface area contributed by atoms with Gasteiger partial charge in [0.2, 0.25) is 0 Å². The molecule has 0 aliphatic heterocycles. The third-order valence-corrected chi connectivity index (χ3v) is 3.03. The van der Waals surface area contributed by atoms with E-state index in [2.05, 4.69) is 20.0 Å². The monoisotopic (exact) mass is 347 g/mol. The Balaban J connectivity index is 2.24. The first kappa shape index (κ1) is 17.3. The van der Waals surface area contributed by atoms with Crippen LogP contribution < -0.4 is 10.1 Å². The lowest BCUT2D eigenvalue weighted by molar-refractivity contribution is -0.0500. The van der Waals surface area contributed by atoms with Crippen LogP contribution in [-0.4, -0.2) is 41.0 Å². The number of aliphatic hydroxyl groups excluding tert-OH is 1. The maximum atomic E-state index is 13.2. The number of aromatic nitrogens is 2. The quantitative estimate of drug-likeness (QED) is 0.753. The molecule has 2 N–H and O–H groups in total. The average Bonchev–Trinajstić information content (AvgIpc) is 2.53. The molecule has 2 rings (SSSR count). The van der Waals surface area contributed by atoms with Gasteiger partial charge < -0.3 is 15.2 Å². The molecule has 0 aliphatic carbocycles. The van der Waals surface area contributed by atoms with Crippen molar-refractivity contribution in [2.24, 2.45) is 0 Å². The van der Waals surface area contributed by atoms with E-state index in [9.17, 15) is 13.2 Å². The van der Waals surface area contributed by atoms with Crippen LogP contribution in [0.15, 0.2) is 30.6 Å². The highest BCUT2D eigenvalue weighted by Crippen LogP contribution is 2.29. The van der Waals surface area contributed by atoms with E-state index in [4.69, 9.17) is 16.7 Å². The predicted octanol–water partition coefficient (Wildman–Crippen LogP) is 3.14. The van der Waals surface area contributed by atoms with Crippen LogP contribution in [0.2, 0.25) is 5.15 Å². The van der Waals surface area contributed by atoms with Crippen molar-refractivity contribution < 1.29 is 23.0 Å². The Morgan fingerprint density at radius 3 is 2.61 bits per heavy atom. The number of halogens is 4. The summed E-state index contributed by atoms with van der Waals surface area (Å²) in [5, 5.41) is 11.7. The van der Waals surface area contributed by atoms with Crippen LogP contribution in [0.25, 0.3) is 11.3 Å². The van der Waals surface area contributed by atoms with E-state index in [1.165, 1.54) is 24.4 Å². The minimum absolute atomic E-state index is 0.0794. The van der Waals surface area contributed by atoms with Crippen molar-refractivity contribution in [3.63, 3.8) is 0 Å². The Morgan fingerprint density at radius 1 is 1.22 bits per heavy atom. The summed E-state index contributed by atoms with van der Waals surface area (Å²) in [5.74, 6) is -0.0794. The molecule has 2 aromatic heterocycles. The highest BCUT2D eigenvalue weighted by Gasteiger charge is 2.12. The fourth-order valence-corrected chi connectivity index (χ4v) is 1.94. The van der Waals surface area contributed by atoms with Gasteiger partial charge in [-0.1, -0.05) is 11.6 Å². The van der Waals surface area contributed by atoms with Gasteiger partial charge in [0.25, 0.3) is 0 Å². The van der Waals surface area contributed by atoms with E-state index in [-0.39, 0.29) is 17.4 Å². The molecule has 0 bridgehead atoms. The fourth-order valence-electron chi connectivity index (χ4n) is 1.78. The topological polar surface area (TPSA) is 67.3 Å². The maximum Gasteiger partial charge on any atom is 0.387 e. The molecule has 0 amide bonds. The second kappa shape index (κ2) is 7.98. The highest BCUT2D eigenvalue weighted by atomic mass is 35.5. The summed E-state index contributed by atoms with van der Waals surface area (Å²) in [6, 6.07) is 4.28. The van der Waals surface area contributed by atoms with Crippen molar-refractivity contribution in [1.29, 1.82) is 0 Å². The second-order valence-corrected chi connectivity index (χ2v) is 4.86. The number of nitrogens with zero attached hydrogens (tertiary/aromatic N) is 2. The number of anilines is 1. The number of rotatable bonds is 7. The van der Waals surface area contributed by atoms with Crippen molar-refractivity contribution in [1.82, 2.24) is 9.97 Å². The minimum atomic E-state index is -2.93. The van der Waals surface area contributed by atoms with Crippen LogP contribution in [0.3, 0.4) is 0 Å². The summed E-state index contributed by atoms with van der Waals surface area (Å²) in [5.41, 5.74) is 1.37. The molecule has 2 heterocycles.